The van der Waals surface area contributed by atoms with E-state index in [9.17, 15) is 13.6 Å². The molecule has 0 aliphatic carbocycles. The molecule has 1 aliphatic heterocycles. The molecule has 0 unspecified atom stereocenters. The van der Waals surface area contributed by atoms with Gasteiger partial charge in [0.25, 0.3) is 5.91 Å². The van der Waals surface area contributed by atoms with Crippen LogP contribution in [0.25, 0.3) is 0 Å². The van der Waals surface area contributed by atoms with Gasteiger partial charge in [-0.15, -0.1) is 12.4 Å². The lowest BCUT2D eigenvalue weighted by molar-refractivity contribution is -0.146. The number of amides is 1. The lowest BCUT2D eigenvalue weighted by Crippen LogP contribution is -2.53. The molecule has 0 bridgehead atoms. The second-order valence-electron chi connectivity index (χ2n) is 4.88. The summed E-state index contributed by atoms with van der Waals surface area (Å²) in [6.07, 6.45) is 1.18. The summed E-state index contributed by atoms with van der Waals surface area (Å²) < 4.78 is 31.3. The van der Waals surface area contributed by atoms with Crippen LogP contribution in [0.1, 0.15) is 18.4 Å². The van der Waals surface area contributed by atoms with E-state index in [1.165, 1.54) is 13.2 Å². The van der Waals surface area contributed by atoms with Crippen LogP contribution in [-0.4, -0.2) is 31.7 Å². The van der Waals surface area contributed by atoms with E-state index in [-0.39, 0.29) is 24.9 Å². The molecule has 0 saturated carbocycles. The lowest BCUT2D eigenvalue weighted by atomic mass is 9.91. The summed E-state index contributed by atoms with van der Waals surface area (Å²) in [6.45, 7) is 1.58. The molecule has 1 aromatic carbocycles. The summed E-state index contributed by atoms with van der Waals surface area (Å²) in [6, 6.07) is 3.57. The molecule has 1 aromatic rings. The number of piperidine rings is 1. The highest BCUT2D eigenvalue weighted by Crippen LogP contribution is 2.22. The average molecular weight is 321 g/mol. The molecule has 7 heteroatoms. The summed E-state index contributed by atoms with van der Waals surface area (Å²) in [7, 11) is 1.52. The van der Waals surface area contributed by atoms with Gasteiger partial charge < -0.3 is 15.4 Å². The minimum atomic E-state index is -0.917. The average Bonchev–Trinajstić information content (AvgIpc) is 2.48. The molecule has 21 heavy (non-hydrogen) atoms. The van der Waals surface area contributed by atoms with Crippen molar-refractivity contribution in [2.45, 2.75) is 25.0 Å². The third kappa shape index (κ3) is 4.12. The first kappa shape index (κ1) is 17.8. The van der Waals surface area contributed by atoms with E-state index in [0.717, 1.165) is 12.1 Å². The summed E-state index contributed by atoms with van der Waals surface area (Å²) in [5.41, 5.74) is -0.318. The fourth-order valence-electron chi connectivity index (χ4n) is 2.35. The van der Waals surface area contributed by atoms with Gasteiger partial charge in [-0.2, -0.15) is 0 Å². The number of methoxy groups -OCH3 is 1. The molecule has 1 amide bonds. The van der Waals surface area contributed by atoms with Gasteiger partial charge in [0.15, 0.2) is 11.6 Å². The minimum Gasteiger partial charge on any atom is -0.368 e. The Hall–Kier alpha value is -1.24. The number of halogens is 3. The first-order chi connectivity index (χ1) is 9.57. The molecule has 1 saturated heterocycles. The number of carbonyl (C=O) groups is 1. The number of hydrogen-bond donors (Lipinski definition) is 2. The van der Waals surface area contributed by atoms with Crippen LogP contribution < -0.4 is 10.6 Å². The molecule has 0 atom stereocenters. The number of ether oxygens (including phenoxy) is 1. The van der Waals surface area contributed by atoms with E-state index < -0.39 is 17.2 Å². The summed E-state index contributed by atoms with van der Waals surface area (Å²) >= 11 is 0. The first-order valence-corrected chi connectivity index (χ1v) is 6.55. The predicted molar refractivity (Wildman–Crippen MR) is 77.3 cm³/mol. The van der Waals surface area contributed by atoms with Gasteiger partial charge in [-0.05, 0) is 43.6 Å². The number of carbonyl (C=O) groups excluding carboxylic acids is 1. The Morgan fingerprint density at radius 3 is 2.57 bits per heavy atom. The van der Waals surface area contributed by atoms with Crippen LogP contribution in [-0.2, 0) is 16.1 Å². The number of benzene rings is 1. The summed E-state index contributed by atoms with van der Waals surface area (Å²) in [4.78, 5) is 12.2. The topological polar surface area (TPSA) is 50.4 Å². The Bertz CT molecular complexity index is 494. The van der Waals surface area contributed by atoms with Crippen molar-refractivity contribution in [1.29, 1.82) is 0 Å². The molecule has 2 N–H and O–H groups in total. The molecule has 4 nitrogen and oxygen atoms in total. The zero-order chi connectivity index (χ0) is 14.6. The SMILES string of the molecule is COC1(C(=O)NCc2ccc(F)c(F)c2)CCNCC1.Cl. The molecule has 118 valence electrons. The molecule has 1 fully saturated rings. The smallest absolute Gasteiger partial charge is 0.252 e. The van der Waals surface area contributed by atoms with E-state index in [2.05, 4.69) is 10.6 Å². The first-order valence-electron chi connectivity index (χ1n) is 6.55. The molecule has 0 spiro atoms. The van der Waals surface area contributed by atoms with Gasteiger partial charge in [-0.1, -0.05) is 6.07 Å². The van der Waals surface area contributed by atoms with E-state index >= 15 is 0 Å². The van der Waals surface area contributed by atoms with E-state index in [1.807, 2.05) is 0 Å². The maximum Gasteiger partial charge on any atom is 0.252 e. The molecule has 1 heterocycles. The van der Waals surface area contributed by atoms with Gasteiger partial charge >= 0.3 is 0 Å². The Morgan fingerprint density at radius 2 is 2.00 bits per heavy atom. The van der Waals surface area contributed by atoms with Crippen LogP contribution in [0.15, 0.2) is 18.2 Å². The van der Waals surface area contributed by atoms with Crippen molar-refractivity contribution in [1.82, 2.24) is 10.6 Å². The number of rotatable bonds is 4. The fourth-order valence-corrected chi connectivity index (χ4v) is 2.35. The van der Waals surface area contributed by atoms with Crippen LogP contribution in [0, 0.1) is 11.6 Å². The Balaban J connectivity index is 0.00000220. The van der Waals surface area contributed by atoms with E-state index in [4.69, 9.17) is 4.74 Å². The third-order valence-corrected chi connectivity index (χ3v) is 3.65. The van der Waals surface area contributed by atoms with E-state index in [1.54, 1.807) is 0 Å². The molecule has 0 radical (unpaired) electrons. The molecular weight excluding hydrogens is 302 g/mol. The van der Waals surface area contributed by atoms with Gasteiger partial charge in [-0.25, -0.2) is 8.78 Å². The van der Waals surface area contributed by atoms with Crippen LogP contribution in [0.4, 0.5) is 8.78 Å². The third-order valence-electron chi connectivity index (χ3n) is 3.65. The second kappa shape index (κ2) is 7.68. The second-order valence-corrected chi connectivity index (χ2v) is 4.88. The Labute approximate surface area is 128 Å². The highest BCUT2D eigenvalue weighted by molar-refractivity contribution is 5.85. The largest absolute Gasteiger partial charge is 0.368 e. The van der Waals surface area contributed by atoms with Crippen LogP contribution >= 0.6 is 12.4 Å². The van der Waals surface area contributed by atoms with Crippen molar-refractivity contribution < 1.29 is 18.3 Å². The summed E-state index contributed by atoms with van der Waals surface area (Å²) in [5, 5.41) is 5.89. The zero-order valence-electron chi connectivity index (χ0n) is 11.7. The normalized spacial score (nSPS) is 16.9. The van der Waals surface area contributed by atoms with Crippen molar-refractivity contribution in [2.24, 2.45) is 0 Å². The van der Waals surface area contributed by atoms with Crippen LogP contribution in [0.2, 0.25) is 0 Å². The van der Waals surface area contributed by atoms with Gasteiger partial charge in [-0.3, -0.25) is 4.79 Å². The lowest BCUT2D eigenvalue weighted by Gasteiger charge is -2.34. The van der Waals surface area contributed by atoms with Crippen molar-refractivity contribution in [3.05, 3.63) is 35.4 Å². The Morgan fingerprint density at radius 1 is 1.33 bits per heavy atom. The van der Waals surface area contributed by atoms with Crippen molar-refractivity contribution in [3.8, 4) is 0 Å². The Kier molecular flexibility index (Phi) is 6.51. The molecule has 1 aliphatic rings. The van der Waals surface area contributed by atoms with Crippen molar-refractivity contribution in [3.63, 3.8) is 0 Å². The monoisotopic (exact) mass is 320 g/mol. The van der Waals surface area contributed by atoms with Gasteiger partial charge in [0.05, 0.1) is 0 Å². The number of nitrogens with one attached hydrogen (secondary N) is 2. The number of hydrogen-bond acceptors (Lipinski definition) is 3. The van der Waals surface area contributed by atoms with Crippen LogP contribution in [0.5, 0.6) is 0 Å². The molecule has 0 aromatic heterocycles. The zero-order valence-corrected chi connectivity index (χ0v) is 12.6. The highest BCUT2D eigenvalue weighted by atomic mass is 35.5. The predicted octanol–water partition coefficient (Wildman–Crippen LogP) is 1.77. The van der Waals surface area contributed by atoms with Gasteiger partial charge in [0, 0.05) is 13.7 Å². The molecule has 2 rings (SSSR count). The van der Waals surface area contributed by atoms with Crippen molar-refractivity contribution >= 4 is 18.3 Å². The maximum atomic E-state index is 13.1. The fraction of sp³-hybridized carbons (Fsp3) is 0.500. The minimum absolute atomic E-state index is 0. The standard InChI is InChI=1S/C14H18F2N2O2.ClH/c1-20-14(4-6-17-7-5-14)13(19)18-9-10-2-3-11(15)12(16)8-10;/h2-3,8,17H,4-7,9H2,1H3,(H,18,19);1H. The van der Waals surface area contributed by atoms with Gasteiger partial charge in [0.2, 0.25) is 0 Å². The van der Waals surface area contributed by atoms with Crippen LogP contribution in [0.3, 0.4) is 0 Å². The van der Waals surface area contributed by atoms with Gasteiger partial charge in [0.1, 0.15) is 5.60 Å². The maximum absolute atomic E-state index is 13.1. The van der Waals surface area contributed by atoms with Crippen molar-refractivity contribution in [2.75, 3.05) is 20.2 Å². The highest BCUT2D eigenvalue weighted by Gasteiger charge is 2.39. The summed E-state index contributed by atoms with van der Waals surface area (Å²) in [5.74, 6) is -2.03. The molecular formula is C14H19ClF2N2O2. The quantitative estimate of drug-likeness (QED) is 0.889. The van der Waals surface area contributed by atoms with E-state index in [0.29, 0.717) is 31.5 Å².